The van der Waals surface area contributed by atoms with Gasteiger partial charge in [-0.25, -0.2) is 0 Å². The van der Waals surface area contributed by atoms with Gasteiger partial charge in [0.1, 0.15) is 12.4 Å². The van der Waals surface area contributed by atoms with Crippen LogP contribution in [0.4, 0.5) is 0 Å². The van der Waals surface area contributed by atoms with Crippen molar-refractivity contribution in [1.82, 2.24) is 5.32 Å². The zero-order valence-corrected chi connectivity index (χ0v) is 10.1. The molecule has 0 saturated heterocycles. The molecule has 2 heteroatoms. The number of aryl methyl sites for hydroxylation is 1. The molecule has 1 aromatic rings. The van der Waals surface area contributed by atoms with Gasteiger partial charge < -0.3 is 10.1 Å². The first kappa shape index (κ1) is 12.1. The molecular weight excluding hydrogens is 186 g/mol. The molecule has 0 fully saturated rings. The largest absolute Gasteiger partial charge is 0.492 e. The SMILES string of the molecule is Cc1cccc(OCCNC(C)C)c1C. The van der Waals surface area contributed by atoms with E-state index in [9.17, 15) is 0 Å². The molecule has 0 radical (unpaired) electrons. The minimum Gasteiger partial charge on any atom is -0.492 e. The van der Waals surface area contributed by atoms with Crippen molar-refractivity contribution in [3.8, 4) is 5.75 Å². The molecule has 0 heterocycles. The van der Waals surface area contributed by atoms with Crippen LogP contribution in [0.1, 0.15) is 25.0 Å². The van der Waals surface area contributed by atoms with Crippen LogP contribution >= 0.6 is 0 Å². The van der Waals surface area contributed by atoms with Crippen LogP contribution in [-0.4, -0.2) is 19.2 Å². The summed E-state index contributed by atoms with van der Waals surface area (Å²) in [5.41, 5.74) is 2.52. The van der Waals surface area contributed by atoms with Gasteiger partial charge in [-0.2, -0.15) is 0 Å². The summed E-state index contributed by atoms with van der Waals surface area (Å²) in [6.45, 7) is 10.1. The number of hydrogen-bond acceptors (Lipinski definition) is 2. The minimum atomic E-state index is 0.521. The maximum Gasteiger partial charge on any atom is 0.122 e. The molecule has 0 aromatic heterocycles. The number of hydrogen-bond donors (Lipinski definition) is 1. The number of rotatable bonds is 5. The third-order valence-corrected chi connectivity index (χ3v) is 2.47. The Labute approximate surface area is 92.6 Å². The van der Waals surface area contributed by atoms with Gasteiger partial charge in [0.15, 0.2) is 0 Å². The van der Waals surface area contributed by atoms with Crippen molar-refractivity contribution in [3.05, 3.63) is 29.3 Å². The predicted molar refractivity (Wildman–Crippen MR) is 64.5 cm³/mol. The molecule has 2 nitrogen and oxygen atoms in total. The van der Waals surface area contributed by atoms with Gasteiger partial charge in [0.05, 0.1) is 0 Å². The lowest BCUT2D eigenvalue weighted by Crippen LogP contribution is -2.27. The normalized spacial score (nSPS) is 10.7. The Morgan fingerprint density at radius 1 is 1.27 bits per heavy atom. The van der Waals surface area contributed by atoms with Crippen LogP contribution in [0, 0.1) is 13.8 Å². The molecule has 15 heavy (non-hydrogen) atoms. The molecule has 0 saturated carbocycles. The first-order chi connectivity index (χ1) is 7.11. The molecule has 0 amide bonds. The molecule has 0 atom stereocenters. The zero-order chi connectivity index (χ0) is 11.3. The second-order valence-electron chi connectivity index (χ2n) is 4.16. The Bertz CT molecular complexity index is 307. The van der Waals surface area contributed by atoms with Crippen LogP contribution in [0.15, 0.2) is 18.2 Å². The zero-order valence-electron chi connectivity index (χ0n) is 10.1. The fourth-order valence-electron chi connectivity index (χ4n) is 1.39. The fraction of sp³-hybridized carbons (Fsp3) is 0.538. The summed E-state index contributed by atoms with van der Waals surface area (Å²) in [6, 6.07) is 6.69. The molecule has 0 aliphatic carbocycles. The van der Waals surface area contributed by atoms with E-state index in [1.807, 2.05) is 12.1 Å². The Kier molecular flexibility index (Phi) is 4.63. The summed E-state index contributed by atoms with van der Waals surface area (Å²) in [4.78, 5) is 0. The highest BCUT2D eigenvalue weighted by Gasteiger charge is 2.01. The molecule has 0 aliphatic heterocycles. The first-order valence-corrected chi connectivity index (χ1v) is 5.53. The van der Waals surface area contributed by atoms with E-state index in [1.54, 1.807) is 0 Å². The van der Waals surface area contributed by atoms with Gasteiger partial charge in [-0.3, -0.25) is 0 Å². The third-order valence-electron chi connectivity index (χ3n) is 2.47. The lowest BCUT2D eigenvalue weighted by molar-refractivity contribution is 0.307. The van der Waals surface area contributed by atoms with E-state index in [4.69, 9.17) is 4.74 Å². The molecule has 1 rings (SSSR count). The lowest BCUT2D eigenvalue weighted by atomic mass is 10.1. The second-order valence-corrected chi connectivity index (χ2v) is 4.16. The van der Waals surface area contributed by atoms with Crippen molar-refractivity contribution < 1.29 is 4.74 Å². The maximum absolute atomic E-state index is 5.71. The highest BCUT2D eigenvalue weighted by atomic mass is 16.5. The summed E-state index contributed by atoms with van der Waals surface area (Å²) in [5, 5.41) is 3.32. The number of ether oxygens (including phenoxy) is 1. The highest BCUT2D eigenvalue weighted by Crippen LogP contribution is 2.20. The van der Waals surface area contributed by atoms with Crippen molar-refractivity contribution in [2.75, 3.05) is 13.2 Å². The van der Waals surface area contributed by atoms with Crippen molar-refractivity contribution in [3.63, 3.8) is 0 Å². The second kappa shape index (κ2) is 5.76. The van der Waals surface area contributed by atoms with Crippen molar-refractivity contribution in [2.24, 2.45) is 0 Å². The number of nitrogens with one attached hydrogen (secondary N) is 1. The Morgan fingerprint density at radius 3 is 2.67 bits per heavy atom. The summed E-state index contributed by atoms with van der Waals surface area (Å²) in [5.74, 6) is 1.00. The van der Waals surface area contributed by atoms with Crippen LogP contribution in [0.5, 0.6) is 5.75 Å². The van der Waals surface area contributed by atoms with Crippen molar-refractivity contribution in [2.45, 2.75) is 33.7 Å². The smallest absolute Gasteiger partial charge is 0.122 e. The fourth-order valence-corrected chi connectivity index (χ4v) is 1.39. The lowest BCUT2D eigenvalue weighted by Gasteiger charge is -2.12. The van der Waals surface area contributed by atoms with Crippen LogP contribution in [0.2, 0.25) is 0 Å². The molecule has 1 aromatic carbocycles. The van der Waals surface area contributed by atoms with Gasteiger partial charge in [0.2, 0.25) is 0 Å². The monoisotopic (exact) mass is 207 g/mol. The minimum absolute atomic E-state index is 0.521. The standard InChI is InChI=1S/C13H21NO/c1-10(2)14-8-9-15-13-7-5-6-11(3)12(13)4/h5-7,10,14H,8-9H2,1-4H3. The van der Waals surface area contributed by atoms with Crippen LogP contribution < -0.4 is 10.1 Å². The molecule has 1 N–H and O–H groups in total. The van der Waals surface area contributed by atoms with Crippen LogP contribution in [0.25, 0.3) is 0 Å². The molecule has 0 aliphatic rings. The van der Waals surface area contributed by atoms with E-state index >= 15 is 0 Å². The summed E-state index contributed by atoms with van der Waals surface area (Å²) >= 11 is 0. The third kappa shape index (κ3) is 3.92. The van der Waals surface area contributed by atoms with E-state index < -0.39 is 0 Å². The molecule has 84 valence electrons. The Morgan fingerprint density at radius 2 is 2.00 bits per heavy atom. The summed E-state index contributed by atoms with van der Waals surface area (Å²) < 4.78 is 5.71. The highest BCUT2D eigenvalue weighted by molar-refractivity contribution is 5.38. The summed E-state index contributed by atoms with van der Waals surface area (Å²) in [7, 11) is 0. The van der Waals surface area contributed by atoms with Crippen molar-refractivity contribution in [1.29, 1.82) is 0 Å². The first-order valence-electron chi connectivity index (χ1n) is 5.53. The average Bonchev–Trinajstić information content (AvgIpc) is 2.18. The van der Waals surface area contributed by atoms with E-state index in [2.05, 4.69) is 39.1 Å². The van der Waals surface area contributed by atoms with Crippen LogP contribution in [0.3, 0.4) is 0 Å². The van der Waals surface area contributed by atoms with Gasteiger partial charge in [0.25, 0.3) is 0 Å². The maximum atomic E-state index is 5.71. The average molecular weight is 207 g/mol. The van der Waals surface area contributed by atoms with Crippen molar-refractivity contribution >= 4 is 0 Å². The topological polar surface area (TPSA) is 21.3 Å². The Hall–Kier alpha value is -1.02. The number of benzene rings is 1. The molecule has 0 bridgehead atoms. The summed E-state index contributed by atoms with van der Waals surface area (Å²) in [6.07, 6.45) is 0. The van der Waals surface area contributed by atoms with E-state index in [-0.39, 0.29) is 0 Å². The van der Waals surface area contributed by atoms with Gasteiger partial charge >= 0.3 is 0 Å². The van der Waals surface area contributed by atoms with E-state index in [0.29, 0.717) is 6.04 Å². The van der Waals surface area contributed by atoms with E-state index in [0.717, 1.165) is 18.9 Å². The quantitative estimate of drug-likeness (QED) is 0.749. The molecular formula is C13H21NO. The van der Waals surface area contributed by atoms with Gasteiger partial charge in [-0.15, -0.1) is 0 Å². The van der Waals surface area contributed by atoms with Gasteiger partial charge in [-0.05, 0) is 31.0 Å². The Balaban J connectivity index is 2.41. The van der Waals surface area contributed by atoms with Gasteiger partial charge in [0, 0.05) is 12.6 Å². The van der Waals surface area contributed by atoms with Crippen LogP contribution in [-0.2, 0) is 0 Å². The molecule has 0 unspecified atom stereocenters. The van der Waals surface area contributed by atoms with E-state index in [1.165, 1.54) is 11.1 Å². The molecule has 0 spiro atoms. The predicted octanol–water partition coefficient (Wildman–Crippen LogP) is 2.68. The van der Waals surface area contributed by atoms with Gasteiger partial charge in [-0.1, -0.05) is 26.0 Å².